The van der Waals surface area contributed by atoms with Crippen molar-refractivity contribution in [2.75, 3.05) is 6.26 Å². The summed E-state index contributed by atoms with van der Waals surface area (Å²) in [6, 6.07) is 5.15. The van der Waals surface area contributed by atoms with Gasteiger partial charge in [0.05, 0.1) is 10.3 Å². The third-order valence-electron chi connectivity index (χ3n) is 2.40. The van der Waals surface area contributed by atoms with Gasteiger partial charge in [0.2, 0.25) is 5.52 Å². The first kappa shape index (κ1) is 10.1. The van der Waals surface area contributed by atoms with Crippen LogP contribution >= 0.6 is 11.8 Å². The zero-order valence-corrected chi connectivity index (χ0v) is 9.38. The summed E-state index contributed by atoms with van der Waals surface area (Å²) >= 11 is 1.60. The minimum absolute atomic E-state index is 0.0565. The first-order chi connectivity index (χ1) is 7.13. The molecule has 0 aliphatic rings. The molecule has 15 heavy (non-hydrogen) atoms. The minimum atomic E-state index is -0.0826. The lowest BCUT2D eigenvalue weighted by Gasteiger charge is -2.03. The zero-order valence-electron chi connectivity index (χ0n) is 8.56. The normalized spacial score (nSPS) is 10.8. The summed E-state index contributed by atoms with van der Waals surface area (Å²) in [6.45, 7) is 0. The van der Waals surface area contributed by atoms with Crippen LogP contribution in [0.3, 0.4) is 0 Å². The first-order valence-electron chi connectivity index (χ1n) is 4.52. The zero-order chi connectivity index (χ0) is 11.0. The number of nitrogens with zero attached hydrogens (tertiary/aromatic N) is 1. The fourth-order valence-corrected chi connectivity index (χ4v) is 2.09. The van der Waals surface area contributed by atoms with Gasteiger partial charge in [-0.05, 0) is 18.4 Å². The van der Waals surface area contributed by atoms with Gasteiger partial charge in [0.15, 0.2) is 17.7 Å². The van der Waals surface area contributed by atoms with Gasteiger partial charge in [-0.3, -0.25) is 0 Å². The van der Waals surface area contributed by atoms with E-state index in [1.54, 1.807) is 17.8 Å². The topological polar surface area (TPSA) is 44.3 Å². The van der Waals surface area contributed by atoms with Crippen LogP contribution in [0.4, 0.5) is 0 Å². The van der Waals surface area contributed by atoms with E-state index in [-0.39, 0.29) is 11.5 Å². The number of rotatable bonds is 1. The van der Waals surface area contributed by atoms with Crippen molar-refractivity contribution in [1.29, 1.82) is 0 Å². The molecule has 0 unspecified atom stereocenters. The molecule has 0 bridgehead atoms. The lowest BCUT2D eigenvalue weighted by atomic mass is 10.2. The van der Waals surface area contributed by atoms with E-state index < -0.39 is 0 Å². The molecule has 0 atom stereocenters. The molecule has 0 aliphatic carbocycles. The van der Waals surface area contributed by atoms with Gasteiger partial charge in [-0.25, -0.2) is 0 Å². The molecule has 0 aliphatic heterocycles. The molecule has 0 fully saturated rings. The van der Waals surface area contributed by atoms with Gasteiger partial charge in [0.25, 0.3) is 0 Å². The number of thioether (sulfide) groups is 1. The maximum absolute atomic E-state index is 9.73. The SMILES string of the molecule is CSc1cc2c(O)c(O)ccc2[n+](C)c1. The Bertz CT molecular complexity index is 525. The number of pyridine rings is 1. The number of aromatic nitrogens is 1. The average Bonchev–Trinajstić information content (AvgIpc) is 2.23. The maximum atomic E-state index is 9.73. The van der Waals surface area contributed by atoms with Gasteiger partial charge in [0, 0.05) is 6.07 Å². The third-order valence-corrected chi connectivity index (χ3v) is 3.09. The number of aromatic hydroxyl groups is 2. The molecule has 3 nitrogen and oxygen atoms in total. The van der Waals surface area contributed by atoms with Crippen LogP contribution in [-0.4, -0.2) is 16.5 Å². The molecule has 2 aromatic rings. The number of hydrogen-bond acceptors (Lipinski definition) is 3. The van der Waals surface area contributed by atoms with Crippen molar-refractivity contribution in [3.8, 4) is 11.5 Å². The third kappa shape index (κ3) is 1.61. The van der Waals surface area contributed by atoms with E-state index in [0.29, 0.717) is 5.39 Å². The molecular weight excluding hydrogens is 210 g/mol. The number of aryl methyl sites for hydroxylation is 1. The Morgan fingerprint density at radius 3 is 2.67 bits per heavy atom. The Labute approximate surface area is 92.0 Å². The highest BCUT2D eigenvalue weighted by atomic mass is 32.2. The van der Waals surface area contributed by atoms with E-state index in [9.17, 15) is 10.2 Å². The van der Waals surface area contributed by atoms with E-state index >= 15 is 0 Å². The Balaban J connectivity index is 2.86. The molecule has 2 rings (SSSR count). The standard InChI is InChI=1S/C11H11NO2S/c1-12-6-7(15-2)5-8-9(12)3-4-10(13)11(8)14/h3-6,13H,1-2H3/p+1. The van der Waals surface area contributed by atoms with Gasteiger partial charge in [-0.15, -0.1) is 11.8 Å². The van der Waals surface area contributed by atoms with Gasteiger partial charge in [-0.1, -0.05) is 0 Å². The summed E-state index contributed by atoms with van der Waals surface area (Å²) in [5, 5.41) is 19.8. The fourth-order valence-electron chi connectivity index (χ4n) is 1.59. The number of hydrogen-bond donors (Lipinski definition) is 2. The van der Waals surface area contributed by atoms with Gasteiger partial charge in [0.1, 0.15) is 7.05 Å². The first-order valence-corrected chi connectivity index (χ1v) is 5.74. The van der Waals surface area contributed by atoms with E-state index in [1.165, 1.54) is 6.07 Å². The maximum Gasteiger partial charge on any atom is 0.216 e. The monoisotopic (exact) mass is 222 g/mol. The molecule has 2 N–H and O–H groups in total. The second-order valence-electron chi connectivity index (χ2n) is 3.36. The number of fused-ring (bicyclic) bond motifs is 1. The fraction of sp³-hybridized carbons (Fsp3) is 0.182. The average molecular weight is 222 g/mol. The van der Waals surface area contributed by atoms with Crippen LogP contribution in [-0.2, 0) is 7.05 Å². The molecule has 78 valence electrons. The van der Waals surface area contributed by atoms with Crippen molar-refractivity contribution >= 4 is 22.7 Å². The molecule has 1 aromatic heterocycles. The number of phenols is 2. The predicted molar refractivity (Wildman–Crippen MR) is 60.2 cm³/mol. The van der Waals surface area contributed by atoms with Crippen molar-refractivity contribution < 1.29 is 14.8 Å². The Morgan fingerprint density at radius 2 is 2.00 bits per heavy atom. The van der Waals surface area contributed by atoms with E-state index in [2.05, 4.69) is 0 Å². The second-order valence-corrected chi connectivity index (χ2v) is 4.24. The molecule has 0 saturated carbocycles. The van der Waals surface area contributed by atoms with Crippen LogP contribution in [0.15, 0.2) is 29.3 Å². The van der Waals surface area contributed by atoms with Crippen molar-refractivity contribution in [3.63, 3.8) is 0 Å². The molecule has 1 aromatic carbocycles. The van der Waals surface area contributed by atoms with E-state index in [0.717, 1.165) is 10.4 Å². The van der Waals surface area contributed by atoms with Gasteiger partial charge >= 0.3 is 0 Å². The Kier molecular flexibility index (Phi) is 2.44. The Morgan fingerprint density at radius 1 is 1.27 bits per heavy atom. The van der Waals surface area contributed by atoms with Crippen LogP contribution in [0, 0.1) is 0 Å². The van der Waals surface area contributed by atoms with Crippen LogP contribution in [0.5, 0.6) is 11.5 Å². The summed E-state index contributed by atoms with van der Waals surface area (Å²) in [5.41, 5.74) is 0.892. The van der Waals surface area contributed by atoms with Crippen LogP contribution < -0.4 is 4.57 Å². The highest BCUT2D eigenvalue weighted by Gasteiger charge is 2.13. The summed E-state index contributed by atoms with van der Waals surface area (Å²) in [4.78, 5) is 1.05. The highest BCUT2D eigenvalue weighted by molar-refractivity contribution is 7.98. The second kappa shape index (κ2) is 3.62. The summed E-state index contributed by atoms with van der Waals surface area (Å²) in [5.74, 6) is -0.139. The Hall–Kier alpha value is -1.42. The lowest BCUT2D eigenvalue weighted by molar-refractivity contribution is -0.646. The highest BCUT2D eigenvalue weighted by Crippen LogP contribution is 2.33. The minimum Gasteiger partial charge on any atom is -0.504 e. The quantitative estimate of drug-likeness (QED) is 0.439. The molecule has 1 heterocycles. The summed E-state index contributed by atoms with van der Waals surface area (Å²) in [6.07, 6.45) is 3.96. The largest absolute Gasteiger partial charge is 0.504 e. The smallest absolute Gasteiger partial charge is 0.216 e. The van der Waals surface area contributed by atoms with Crippen molar-refractivity contribution in [3.05, 3.63) is 24.4 Å². The van der Waals surface area contributed by atoms with E-state index in [1.807, 2.05) is 30.1 Å². The van der Waals surface area contributed by atoms with Crippen molar-refractivity contribution in [2.24, 2.45) is 7.05 Å². The molecular formula is C11H12NO2S+. The summed E-state index contributed by atoms with van der Waals surface area (Å²) < 4.78 is 1.93. The van der Waals surface area contributed by atoms with Crippen LogP contribution in [0.1, 0.15) is 0 Å². The molecule has 0 saturated heterocycles. The predicted octanol–water partition coefficient (Wildman–Crippen LogP) is 1.80. The van der Waals surface area contributed by atoms with Crippen molar-refractivity contribution in [2.45, 2.75) is 4.90 Å². The molecule has 0 radical (unpaired) electrons. The molecule has 0 amide bonds. The number of phenolic OH excluding ortho intramolecular Hbond substituents is 2. The molecule has 4 heteroatoms. The van der Waals surface area contributed by atoms with Gasteiger partial charge in [-0.2, -0.15) is 4.57 Å². The lowest BCUT2D eigenvalue weighted by Crippen LogP contribution is -2.28. The number of benzene rings is 1. The van der Waals surface area contributed by atoms with Crippen molar-refractivity contribution in [1.82, 2.24) is 0 Å². The molecule has 0 spiro atoms. The summed E-state index contributed by atoms with van der Waals surface area (Å²) in [7, 11) is 1.92. The van der Waals surface area contributed by atoms with Crippen LogP contribution in [0.25, 0.3) is 10.9 Å². The van der Waals surface area contributed by atoms with E-state index in [4.69, 9.17) is 0 Å². The van der Waals surface area contributed by atoms with Gasteiger partial charge < -0.3 is 10.2 Å². The van der Waals surface area contributed by atoms with Crippen LogP contribution in [0.2, 0.25) is 0 Å².